The number of benzene rings is 1. The Morgan fingerprint density at radius 2 is 2.09 bits per heavy atom. The molecule has 1 unspecified atom stereocenters. The Hall–Kier alpha value is -1.26. The highest BCUT2D eigenvalue weighted by molar-refractivity contribution is 5.85. The quantitative estimate of drug-likeness (QED) is 0.865. The van der Waals surface area contributed by atoms with Gasteiger partial charge in [0.2, 0.25) is 0 Å². The minimum absolute atomic E-state index is 0. The van der Waals surface area contributed by atoms with Crippen LogP contribution in [0, 0.1) is 6.92 Å². The summed E-state index contributed by atoms with van der Waals surface area (Å²) in [5.41, 5.74) is 2.29. The van der Waals surface area contributed by atoms with Crippen LogP contribution in [0.2, 0.25) is 0 Å². The number of hydrogen-bond acceptors (Lipinski definition) is 3. The van der Waals surface area contributed by atoms with Crippen molar-refractivity contribution in [2.45, 2.75) is 58.6 Å². The molecule has 1 aliphatic rings. The van der Waals surface area contributed by atoms with Crippen molar-refractivity contribution in [3.63, 3.8) is 0 Å². The van der Waals surface area contributed by atoms with Crippen LogP contribution >= 0.6 is 12.4 Å². The van der Waals surface area contributed by atoms with Crippen LogP contribution in [0.3, 0.4) is 0 Å². The van der Waals surface area contributed by atoms with E-state index in [0.29, 0.717) is 5.92 Å². The van der Waals surface area contributed by atoms with E-state index < -0.39 is 6.10 Å². The fourth-order valence-corrected chi connectivity index (χ4v) is 2.76. The third-order valence-corrected chi connectivity index (χ3v) is 4.11. The number of aryl methyl sites for hydroxylation is 1. The molecule has 0 aromatic heterocycles. The van der Waals surface area contributed by atoms with Gasteiger partial charge in [-0.3, -0.25) is 4.79 Å². The minimum atomic E-state index is -0.485. The first-order chi connectivity index (χ1) is 10.5. The summed E-state index contributed by atoms with van der Waals surface area (Å²) in [7, 11) is 0. The smallest absolute Gasteiger partial charge is 0.261 e. The Balaban J connectivity index is 0.00000264. The van der Waals surface area contributed by atoms with Crippen molar-refractivity contribution in [2.75, 3.05) is 13.1 Å². The zero-order chi connectivity index (χ0) is 16.1. The number of amides is 1. The first-order valence-corrected chi connectivity index (χ1v) is 8.25. The number of ether oxygens (including phenoxy) is 1. The van der Waals surface area contributed by atoms with Crippen molar-refractivity contribution in [2.24, 2.45) is 0 Å². The van der Waals surface area contributed by atoms with Gasteiger partial charge in [-0.05, 0) is 56.3 Å². The Labute approximate surface area is 145 Å². The van der Waals surface area contributed by atoms with Crippen LogP contribution in [0.4, 0.5) is 0 Å². The van der Waals surface area contributed by atoms with Crippen molar-refractivity contribution >= 4 is 18.3 Å². The monoisotopic (exact) mass is 340 g/mol. The average molecular weight is 341 g/mol. The predicted octanol–water partition coefficient (Wildman–Crippen LogP) is 3.18. The maximum absolute atomic E-state index is 12.3. The van der Waals surface area contributed by atoms with Gasteiger partial charge in [-0.2, -0.15) is 0 Å². The Kier molecular flexibility index (Phi) is 7.86. The summed E-state index contributed by atoms with van der Waals surface area (Å²) in [6.07, 6.45) is 1.66. The van der Waals surface area contributed by atoms with E-state index in [0.717, 1.165) is 42.8 Å². The average Bonchev–Trinajstić information content (AvgIpc) is 2.48. The van der Waals surface area contributed by atoms with Gasteiger partial charge in [0.25, 0.3) is 5.91 Å². The molecule has 2 N–H and O–H groups in total. The summed E-state index contributed by atoms with van der Waals surface area (Å²) < 4.78 is 5.96. The second kappa shape index (κ2) is 9.14. The largest absolute Gasteiger partial charge is 0.481 e. The van der Waals surface area contributed by atoms with Crippen LogP contribution in [-0.2, 0) is 4.79 Å². The van der Waals surface area contributed by atoms with E-state index in [1.54, 1.807) is 0 Å². The maximum Gasteiger partial charge on any atom is 0.261 e. The Bertz CT molecular complexity index is 514. The van der Waals surface area contributed by atoms with Crippen LogP contribution < -0.4 is 15.4 Å². The van der Waals surface area contributed by atoms with Crippen molar-refractivity contribution in [3.05, 3.63) is 29.3 Å². The van der Waals surface area contributed by atoms with E-state index >= 15 is 0 Å². The van der Waals surface area contributed by atoms with Gasteiger partial charge < -0.3 is 15.4 Å². The lowest BCUT2D eigenvalue weighted by atomic mass is 10.0. The summed E-state index contributed by atoms with van der Waals surface area (Å²) in [4.78, 5) is 12.3. The van der Waals surface area contributed by atoms with Gasteiger partial charge in [-0.1, -0.05) is 26.0 Å². The molecule has 0 radical (unpaired) electrons. The molecule has 2 atom stereocenters. The molecular formula is C18H29ClN2O2. The minimum Gasteiger partial charge on any atom is -0.481 e. The first-order valence-electron chi connectivity index (χ1n) is 8.25. The van der Waals surface area contributed by atoms with Gasteiger partial charge in [-0.25, -0.2) is 0 Å². The third-order valence-electron chi connectivity index (χ3n) is 4.11. The Morgan fingerprint density at radius 1 is 1.35 bits per heavy atom. The number of nitrogens with one attached hydrogen (secondary N) is 2. The molecule has 4 nitrogen and oxygen atoms in total. The molecular weight excluding hydrogens is 312 g/mol. The third kappa shape index (κ3) is 5.70. The number of hydrogen-bond donors (Lipinski definition) is 2. The summed E-state index contributed by atoms with van der Waals surface area (Å²) in [6, 6.07) is 6.40. The number of carbonyl (C=O) groups excluding carboxylic acids is 1. The van der Waals surface area contributed by atoms with Crippen molar-refractivity contribution in [3.8, 4) is 5.75 Å². The van der Waals surface area contributed by atoms with Gasteiger partial charge in [0, 0.05) is 12.6 Å². The second-order valence-electron chi connectivity index (χ2n) is 6.51. The van der Waals surface area contributed by atoms with E-state index in [4.69, 9.17) is 4.74 Å². The van der Waals surface area contributed by atoms with E-state index in [-0.39, 0.29) is 24.4 Å². The zero-order valence-corrected chi connectivity index (χ0v) is 15.3. The van der Waals surface area contributed by atoms with Gasteiger partial charge in [0.15, 0.2) is 6.10 Å². The van der Waals surface area contributed by atoms with Gasteiger partial charge in [0.05, 0.1) is 0 Å². The summed E-state index contributed by atoms with van der Waals surface area (Å²) >= 11 is 0. The lowest BCUT2D eigenvalue weighted by Gasteiger charge is -2.26. The Morgan fingerprint density at radius 3 is 2.70 bits per heavy atom. The molecule has 1 aromatic rings. The number of rotatable bonds is 5. The molecule has 1 aromatic carbocycles. The molecule has 23 heavy (non-hydrogen) atoms. The van der Waals surface area contributed by atoms with Crippen molar-refractivity contribution in [1.29, 1.82) is 0 Å². The molecule has 0 bridgehead atoms. The number of carbonyl (C=O) groups is 1. The molecule has 0 saturated carbocycles. The molecule has 0 aliphatic carbocycles. The standard InChI is InChI=1S/C18H28N2O2.ClH/c1-12(2)16-8-7-13(3)10-17(16)22-14(4)18(21)20-15-6-5-9-19-11-15;/h7-8,10,12,14-15,19H,5-6,9,11H2,1-4H3,(H,20,21);1H/t14?,15-;/m0./s1. The van der Waals surface area contributed by atoms with Crippen LogP contribution in [0.25, 0.3) is 0 Å². The van der Waals surface area contributed by atoms with Crippen LogP contribution in [0.15, 0.2) is 18.2 Å². The molecule has 1 aliphatic heterocycles. The van der Waals surface area contributed by atoms with E-state index in [2.05, 4.69) is 36.6 Å². The fraction of sp³-hybridized carbons (Fsp3) is 0.611. The second-order valence-corrected chi connectivity index (χ2v) is 6.51. The summed E-state index contributed by atoms with van der Waals surface area (Å²) in [5, 5.41) is 6.38. The molecule has 0 spiro atoms. The topological polar surface area (TPSA) is 50.4 Å². The van der Waals surface area contributed by atoms with Crippen LogP contribution in [0.5, 0.6) is 5.75 Å². The fourth-order valence-electron chi connectivity index (χ4n) is 2.76. The summed E-state index contributed by atoms with van der Waals surface area (Å²) in [5.74, 6) is 1.15. The molecule has 1 amide bonds. The van der Waals surface area contributed by atoms with Gasteiger partial charge >= 0.3 is 0 Å². The van der Waals surface area contributed by atoms with E-state index in [1.807, 2.05) is 19.9 Å². The molecule has 1 fully saturated rings. The van der Waals surface area contributed by atoms with E-state index in [9.17, 15) is 4.79 Å². The number of piperidine rings is 1. The maximum atomic E-state index is 12.3. The first kappa shape index (κ1) is 19.8. The molecule has 130 valence electrons. The van der Waals surface area contributed by atoms with E-state index in [1.165, 1.54) is 0 Å². The highest BCUT2D eigenvalue weighted by Gasteiger charge is 2.21. The highest BCUT2D eigenvalue weighted by atomic mass is 35.5. The molecule has 1 saturated heterocycles. The summed E-state index contributed by atoms with van der Waals surface area (Å²) in [6.45, 7) is 10.0. The lowest BCUT2D eigenvalue weighted by molar-refractivity contribution is -0.128. The predicted molar refractivity (Wildman–Crippen MR) is 96.6 cm³/mol. The zero-order valence-electron chi connectivity index (χ0n) is 14.5. The normalized spacial score (nSPS) is 18.9. The molecule has 2 rings (SSSR count). The SMILES string of the molecule is Cc1ccc(C(C)C)c(OC(C)C(=O)N[C@H]2CCCNC2)c1.Cl. The van der Waals surface area contributed by atoms with Crippen molar-refractivity contribution < 1.29 is 9.53 Å². The lowest BCUT2D eigenvalue weighted by Crippen LogP contribution is -2.49. The van der Waals surface area contributed by atoms with Crippen LogP contribution in [0.1, 0.15) is 50.7 Å². The molecule has 1 heterocycles. The van der Waals surface area contributed by atoms with Gasteiger partial charge in [0.1, 0.15) is 5.75 Å². The van der Waals surface area contributed by atoms with Crippen molar-refractivity contribution in [1.82, 2.24) is 10.6 Å². The number of halogens is 1. The van der Waals surface area contributed by atoms with Crippen LogP contribution in [-0.4, -0.2) is 31.1 Å². The highest BCUT2D eigenvalue weighted by Crippen LogP contribution is 2.28. The molecule has 5 heteroatoms. The van der Waals surface area contributed by atoms with Gasteiger partial charge in [-0.15, -0.1) is 12.4 Å².